The van der Waals surface area contributed by atoms with Crippen LogP contribution in [0.1, 0.15) is 5.56 Å². The highest BCUT2D eigenvalue weighted by Gasteiger charge is 2.13. The molecule has 3 aromatic rings. The number of hydrogen-bond acceptors (Lipinski definition) is 4. The van der Waals surface area contributed by atoms with Gasteiger partial charge in [0.1, 0.15) is 12.0 Å². The smallest absolute Gasteiger partial charge is 0.144 e. The van der Waals surface area contributed by atoms with Crippen LogP contribution in [0.5, 0.6) is 0 Å². The molecule has 3 rings (SSSR count). The fourth-order valence-electron chi connectivity index (χ4n) is 2.05. The topological polar surface area (TPSA) is 56.7 Å². The van der Waals surface area contributed by atoms with Crippen molar-refractivity contribution >= 4 is 22.4 Å². The van der Waals surface area contributed by atoms with E-state index in [0.717, 1.165) is 27.2 Å². The third-order valence-electron chi connectivity index (χ3n) is 2.81. The molecular formula is C12H12N4S. The summed E-state index contributed by atoms with van der Waals surface area (Å²) >= 11 is 1.68. The highest BCUT2D eigenvalue weighted by atomic mass is 32.1. The second kappa shape index (κ2) is 3.94. The maximum Gasteiger partial charge on any atom is 0.144 e. The monoisotopic (exact) mass is 244 g/mol. The minimum Gasteiger partial charge on any atom is -0.335 e. The van der Waals surface area contributed by atoms with Crippen LogP contribution in [0, 0.1) is 0 Å². The molecule has 0 fully saturated rings. The molecule has 0 amide bonds. The Labute approximate surface area is 103 Å². The van der Waals surface area contributed by atoms with Crippen LogP contribution < -0.4 is 5.73 Å². The first kappa shape index (κ1) is 10.4. The lowest BCUT2D eigenvalue weighted by atomic mass is 10.1. The Kier molecular flexibility index (Phi) is 2.42. The van der Waals surface area contributed by atoms with E-state index in [1.165, 1.54) is 0 Å². The van der Waals surface area contributed by atoms with Gasteiger partial charge in [-0.25, -0.2) is 9.97 Å². The van der Waals surface area contributed by atoms with E-state index < -0.39 is 0 Å². The Morgan fingerprint density at radius 3 is 3.00 bits per heavy atom. The molecular weight excluding hydrogens is 232 g/mol. The molecule has 0 atom stereocenters. The number of thiophene rings is 1. The predicted octanol–water partition coefficient (Wildman–Crippen LogP) is 2.16. The summed E-state index contributed by atoms with van der Waals surface area (Å²) < 4.78 is 2.00. The average molecular weight is 244 g/mol. The van der Waals surface area contributed by atoms with Gasteiger partial charge in [-0.15, -0.1) is 11.3 Å². The van der Waals surface area contributed by atoms with Crippen molar-refractivity contribution in [3.8, 4) is 10.6 Å². The van der Waals surface area contributed by atoms with Crippen molar-refractivity contribution in [2.75, 3.05) is 0 Å². The lowest BCUT2D eigenvalue weighted by Crippen LogP contribution is -1.96. The van der Waals surface area contributed by atoms with E-state index in [2.05, 4.69) is 16.0 Å². The summed E-state index contributed by atoms with van der Waals surface area (Å²) in [7, 11) is 1.98. The molecule has 5 heteroatoms. The Morgan fingerprint density at radius 2 is 2.29 bits per heavy atom. The van der Waals surface area contributed by atoms with Crippen molar-refractivity contribution in [2.45, 2.75) is 6.54 Å². The maximum atomic E-state index is 5.79. The largest absolute Gasteiger partial charge is 0.335 e. The fraction of sp³-hybridized carbons (Fsp3) is 0.167. The van der Waals surface area contributed by atoms with Gasteiger partial charge in [-0.1, -0.05) is 6.07 Å². The van der Waals surface area contributed by atoms with Gasteiger partial charge in [-0.2, -0.15) is 0 Å². The van der Waals surface area contributed by atoms with Crippen LogP contribution in [-0.2, 0) is 13.6 Å². The summed E-state index contributed by atoms with van der Waals surface area (Å²) in [5.41, 5.74) is 8.79. The molecule has 0 unspecified atom stereocenters. The first-order valence-corrected chi connectivity index (χ1v) is 6.22. The molecule has 0 bridgehead atoms. The Morgan fingerprint density at radius 1 is 1.41 bits per heavy atom. The van der Waals surface area contributed by atoms with Gasteiger partial charge in [0.25, 0.3) is 0 Å². The molecule has 0 aliphatic rings. The Hall–Kier alpha value is -1.72. The van der Waals surface area contributed by atoms with Crippen molar-refractivity contribution in [3.05, 3.63) is 35.6 Å². The second-order valence-corrected chi connectivity index (χ2v) is 4.82. The molecule has 17 heavy (non-hydrogen) atoms. The summed E-state index contributed by atoms with van der Waals surface area (Å²) in [6, 6.07) is 4.10. The van der Waals surface area contributed by atoms with Crippen LogP contribution in [0.2, 0.25) is 0 Å². The van der Waals surface area contributed by atoms with E-state index in [0.29, 0.717) is 6.54 Å². The van der Waals surface area contributed by atoms with E-state index >= 15 is 0 Å². The Bertz CT molecular complexity index is 655. The van der Waals surface area contributed by atoms with Gasteiger partial charge in [0.15, 0.2) is 0 Å². The van der Waals surface area contributed by atoms with Crippen LogP contribution in [-0.4, -0.2) is 14.5 Å². The van der Waals surface area contributed by atoms with Crippen LogP contribution in [0.3, 0.4) is 0 Å². The van der Waals surface area contributed by atoms with Crippen molar-refractivity contribution in [1.29, 1.82) is 0 Å². The van der Waals surface area contributed by atoms with Gasteiger partial charge in [-0.3, -0.25) is 0 Å². The number of fused-ring (bicyclic) bond motifs is 1. The summed E-state index contributed by atoms with van der Waals surface area (Å²) in [6.45, 7) is 0.503. The summed E-state index contributed by atoms with van der Waals surface area (Å²) in [5.74, 6) is 0. The van der Waals surface area contributed by atoms with Crippen molar-refractivity contribution in [3.63, 3.8) is 0 Å². The fourth-order valence-corrected chi connectivity index (χ4v) is 2.78. The third-order valence-corrected chi connectivity index (χ3v) is 3.68. The molecule has 0 aliphatic heterocycles. The molecule has 0 radical (unpaired) electrons. The standard InChI is InChI=1S/C12H12N4S/c1-16-6-8(5-13)10-11(9-3-2-4-17-9)14-7-15-12(10)16/h2-4,6-7H,5,13H2,1H3. The number of hydrogen-bond donors (Lipinski definition) is 1. The van der Waals surface area contributed by atoms with E-state index in [9.17, 15) is 0 Å². The summed E-state index contributed by atoms with van der Waals surface area (Å²) in [5, 5.41) is 3.12. The highest BCUT2D eigenvalue weighted by molar-refractivity contribution is 7.13. The Balaban J connectivity index is 2.39. The van der Waals surface area contributed by atoms with Gasteiger partial charge in [-0.05, 0) is 17.0 Å². The number of aromatic nitrogens is 3. The first-order valence-electron chi connectivity index (χ1n) is 5.34. The molecule has 0 aliphatic carbocycles. The molecule has 0 saturated carbocycles. The van der Waals surface area contributed by atoms with E-state index in [1.807, 2.05) is 29.3 Å². The maximum absolute atomic E-state index is 5.79. The molecule has 4 nitrogen and oxygen atoms in total. The number of rotatable bonds is 2. The van der Waals surface area contributed by atoms with Crippen molar-refractivity contribution in [2.24, 2.45) is 12.8 Å². The minimum absolute atomic E-state index is 0.503. The van der Waals surface area contributed by atoms with Gasteiger partial charge >= 0.3 is 0 Å². The molecule has 2 N–H and O–H groups in total. The quantitative estimate of drug-likeness (QED) is 0.751. The van der Waals surface area contributed by atoms with E-state index in [-0.39, 0.29) is 0 Å². The zero-order valence-corrected chi connectivity index (χ0v) is 10.2. The molecule has 3 heterocycles. The molecule has 0 saturated heterocycles. The van der Waals surface area contributed by atoms with Crippen molar-refractivity contribution in [1.82, 2.24) is 14.5 Å². The molecule has 86 valence electrons. The zero-order chi connectivity index (χ0) is 11.8. The SMILES string of the molecule is Cn1cc(CN)c2c(-c3cccs3)ncnc21. The van der Waals surface area contributed by atoms with Crippen LogP contribution >= 0.6 is 11.3 Å². The van der Waals surface area contributed by atoms with Gasteiger partial charge in [0, 0.05) is 19.8 Å². The van der Waals surface area contributed by atoms with Crippen LogP contribution in [0.4, 0.5) is 0 Å². The van der Waals surface area contributed by atoms with E-state index in [4.69, 9.17) is 5.73 Å². The zero-order valence-electron chi connectivity index (χ0n) is 9.42. The van der Waals surface area contributed by atoms with E-state index in [1.54, 1.807) is 17.7 Å². The number of aryl methyl sites for hydroxylation is 1. The van der Waals surface area contributed by atoms with Crippen LogP contribution in [0.25, 0.3) is 21.6 Å². The van der Waals surface area contributed by atoms with Crippen molar-refractivity contribution < 1.29 is 0 Å². The normalized spacial score (nSPS) is 11.2. The number of nitrogens with two attached hydrogens (primary N) is 1. The minimum atomic E-state index is 0.503. The second-order valence-electron chi connectivity index (χ2n) is 3.87. The van der Waals surface area contributed by atoms with Gasteiger partial charge < -0.3 is 10.3 Å². The molecule has 3 aromatic heterocycles. The summed E-state index contributed by atoms with van der Waals surface area (Å²) in [4.78, 5) is 9.87. The third kappa shape index (κ3) is 1.55. The average Bonchev–Trinajstić information content (AvgIpc) is 2.97. The van der Waals surface area contributed by atoms with Gasteiger partial charge in [0.2, 0.25) is 0 Å². The molecule has 0 aromatic carbocycles. The molecule has 0 spiro atoms. The first-order chi connectivity index (χ1) is 8.31. The van der Waals surface area contributed by atoms with Gasteiger partial charge in [0.05, 0.1) is 16.0 Å². The predicted molar refractivity (Wildman–Crippen MR) is 69.7 cm³/mol. The lowest BCUT2D eigenvalue weighted by Gasteiger charge is -2.01. The summed E-state index contributed by atoms with van der Waals surface area (Å²) in [6.07, 6.45) is 3.63. The lowest BCUT2D eigenvalue weighted by molar-refractivity contribution is 0.930. The van der Waals surface area contributed by atoms with Crippen LogP contribution in [0.15, 0.2) is 30.0 Å². The number of nitrogens with zero attached hydrogens (tertiary/aromatic N) is 3. The highest BCUT2D eigenvalue weighted by Crippen LogP contribution is 2.31.